The van der Waals surface area contributed by atoms with E-state index >= 15 is 0 Å². The Morgan fingerprint density at radius 2 is 2.31 bits per heavy atom. The van der Waals surface area contributed by atoms with Crippen molar-refractivity contribution in [2.75, 3.05) is 20.2 Å². The molecule has 1 fully saturated rings. The Bertz CT molecular complexity index is 400. The summed E-state index contributed by atoms with van der Waals surface area (Å²) in [5.74, 6) is -0.358. The predicted octanol–water partition coefficient (Wildman–Crippen LogP) is 1.93. The summed E-state index contributed by atoms with van der Waals surface area (Å²) in [5, 5.41) is 13.2. The van der Waals surface area contributed by atoms with Crippen LogP contribution in [0.2, 0.25) is 0 Å². The molecule has 0 bridgehead atoms. The van der Waals surface area contributed by atoms with E-state index in [0.29, 0.717) is 0 Å². The fourth-order valence-electron chi connectivity index (χ4n) is 2.37. The van der Waals surface area contributed by atoms with E-state index in [1.165, 1.54) is 13.2 Å². The SMILES string of the molecule is COc1c(F)cc(C)c(C2CCNC2)c1O. The fraction of sp³-hybridized carbons (Fsp3) is 0.500. The molecule has 1 unspecified atom stereocenters. The minimum atomic E-state index is -0.507. The van der Waals surface area contributed by atoms with Crippen LogP contribution in [0.1, 0.15) is 23.5 Å². The first kappa shape index (κ1) is 11.2. The Hall–Kier alpha value is -1.29. The molecule has 0 radical (unpaired) electrons. The van der Waals surface area contributed by atoms with Crippen molar-refractivity contribution < 1.29 is 14.2 Å². The van der Waals surface area contributed by atoms with Gasteiger partial charge in [-0.1, -0.05) is 0 Å². The van der Waals surface area contributed by atoms with Gasteiger partial charge in [0.05, 0.1) is 7.11 Å². The normalized spacial score (nSPS) is 20.1. The van der Waals surface area contributed by atoms with Gasteiger partial charge in [-0.05, 0) is 31.5 Å². The molecule has 4 heteroatoms. The van der Waals surface area contributed by atoms with Crippen molar-refractivity contribution >= 4 is 0 Å². The smallest absolute Gasteiger partial charge is 0.196 e. The lowest BCUT2D eigenvalue weighted by atomic mass is 9.92. The highest BCUT2D eigenvalue weighted by molar-refractivity contribution is 5.52. The Morgan fingerprint density at radius 3 is 2.88 bits per heavy atom. The van der Waals surface area contributed by atoms with Crippen LogP contribution in [-0.2, 0) is 0 Å². The van der Waals surface area contributed by atoms with Crippen molar-refractivity contribution in [3.63, 3.8) is 0 Å². The molecule has 1 aromatic carbocycles. The summed E-state index contributed by atoms with van der Waals surface area (Å²) >= 11 is 0. The zero-order valence-electron chi connectivity index (χ0n) is 9.51. The van der Waals surface area contributed by atoms with Gasteiger partial charge in [0.2, 0.25) is 0 Å². The zero-order chi connectivity index (χ0) is 11.7. The number of hydrogen-bond donors (Lipinski definition) is 2. The van der Waals surface area contributed by atoms with E-state index in [0.717, 1.165) is 30.6 Å². The van der Waals surface area contributed by atoms with Crippen LogP contribution in [0, 0.1) is 12.7 Å². The number of aromatic hydroxyl groups is 1. The first-order valence-electron chi connectivity index (χ1n) is 5.41. The van der Waals surface area contributed by atoms with Gasteiger partial charge in [-0.3, -0.25) is 0 Å². The topological polar surface area (TPSA) is 41.5 Å². The molecule has 16 heavy (non-hydrogen) atoms. The summed E-state index contributed by atoms with van der Waals surface area (Å²) in [5.41, 5.74) is 1.59. The van der Waals surface area contributed by atoms with Gasteiger partial charge in [-0.25, -0.2) is 4.39 Å². The lowest BCUT2D eigenvalue weighted by Gasteiger charge is -2.17. The van der Waals surface area contributed by atoms with Crippen LogP contribution in [-0.4, -0.2) is 25.3 Å². The molecule has 3 nitrogen and oxygen atoms in total. The zero-order valence-corrected chi connectivity index (χ0v) is 9.51. The number of phenolic OH excluding ortho intramolecular Hbond substituents is 1. The summed E-state index contributed by atoms with van der Waals surface area (Å²) in [6, 6.07) is 1.42. The second kappa shape index (κ2) is 4.29. The standard InChI is InChI=1S/C12H16FNO2/c1-7-5-9(13)12(16-2)11(15)10(7)8-3-4-14-6-8/h5,8,14-15H,3-4,6H2,1-2H3. The molecule has 2 rings (SSSR count). The molecule has 0 aliphatic carbocycles. The van der Waals surface area contributed by atoms with E-state index in [9.17, 15) is 9.50 Å². The van der Waals surface area contributed by atoms with Gasteiger partial charge in [0.15, 0.2) is 17.3 Å². The van der Waals surface area contributed by atoms with Crippen molar-refractivity contribution in [1.29, 1.82) is 0 Å². The summed E-state index contributed by atoms with van der Waals surface area (Å²) in [7, 11) is 1.37. The molecule has 0 amide bonds. The van der Waals surface area contributed by atoms with Crippen molar-refractivity contribution in [3.8, 4) is 11.5 Å². The number of nitrogens with one attached hydrogen (secondary N) is 1. The van der Waals surface area contributed by atoms with Gasteiger partial charge in [0.1, 0.15) is 0 Å². The number of hydrogen-bond acceptors (Lipinski definition) is 3. The molecule has 1 heterocycles. The van der Waals surface area contributed by atoms with Gasteiger partial charge >= 0.3 is 0 Å². The molecular weight excluding hydrogens is 209 g/mol. The monoisotopic (exact) mass is 225 g/mol. The van der Waals surface area contributed by atoms with Crippen LogP contribution in [0.4, 0.5) is 4.39 Å². The van der Waals surface area contributed by atoms with Crippen molar-refractivity contribution in [1.82, 2.24) is 5.32 Å². The van der Waals surface area contributed by atoms with Gasteiger partial charge in [-0.2, -0.15) is 0 Å². The van der Waals surface area contributed by atoms with Gasteiger partial charge in [-0.15, -0.1) is 0 Å². The maximum atomic E-state index is 13.5. The van der Waals surface area contributed by atoms with Crippen LogP contribution >= 0.6 is 0 Å². The Labute approximate surface area is 94.2 Å². The van der Waals surface area contributed by atoms with E-state index in [4.69, 9.17) is 4.74 Å². The molecule has 1 aliphatic rings. The molecule has 1 aliphatic heterocycles. The summed E-state index contributed by atoms with van der Waals surface area (Å²) in [6.07, 6.45) is 0.961. The van der Waals surface area contributed by atoms with Crippen LogP contribution in [0.25, 0.3) is 0 Å². The highest BCUT2D eigenvalue weighted by Crippen LogP contribution is 2.40. The van der Waals surface area contributed by atoms with E-state index in [2.05, 4.69) is 5.32 Å². The number of aryl methyl sites for hydroxylation is 1. The molecule has 0 spiro atoms. The summed E-state index contributed by atoms with van der Waals surface area (Å²) in [4.78, 5) is 0. The maximum absolute atomic E-state index is 13.5. The number of phenols is 1. The Morgan fingerprint density at radius 1 is 1.56 bits per heavy atom. The first-order chi connectivity index (χ1) is 7.65. The van der Waals surface area contributed by atoms with Crippen LogP contribution in [0.5, 0.6) is 11.5 Å². The summed E-state index contributed by atoms with van der Waals surface area (Å²) in [6.45, 7) is 3.57. The lowest BCUT2D eigenvalue weighted by molar-refractivity contribution is 0.346. The average molecular weight is 225 g/mol. The minimum Gasteiger partial charge on any atom is -0.504 e. The molecule has 1 atom stereocenters. The van der Waals surface area contributed by atoms with Crippen molar-refractivity contribution in [2.24, 2.45) is 0 Å². The maximum Gasteiger partial charge on any atom is 0.196 e. The first-order valence-corrected chi connectivity index (χ1v) is 5.41. The Kier molecular flexibility index (Phi) is 3.01. The van der Waals surface area contributed by atoms with E-state index < -0.39 is 5.82 Å². The number of benzene rings is 1. The largest absolute Gasteiger partial charge is 0.504 e. The summed E-state index contributed by atoms with van der Waals surface area (Å²) < 4.78 is 18.4. The number of halogens is 1. The molecule has 0 saturated carbocycles. The number of ether oxygens (including phenoxy) is 1. The number of methoxy groups -OCH3 is 1. The van der Waals surface area contributed by atoms with Gasteiger partial charge in [0.25, 0.3) is 0 Å². The molecule has 2 N–H and O–H groups in total. The highest BCUT2D eigenvalue weighted by Gasteiger charge is 2.25. The highest BCUT2D eigenvalue weighted by atomic mass is 19.1. The average Bonchev–Trinajstić information content (AvgIpc) is 2.70. The third-order valence-electron chi connectivity index (χ3n) is 3.13. The van der Waals surface area contributed by atoms with Crippen molar-refractivity contribution in [2.45, 2.75) is 19.3 Å². The van der Waals surface area contributed by atoms with E-state index in [1.807, 2.05) is 6.92 Å². The van der Waals surface area contributed by atoms with Crippen LogP contribution in [0.3, 0.4) is 0 Å². The molecule has 1 aromatic rings. The molecule has 0 aromatic heterocycles. The minimum absolute atomic E-state index is 0.0475. The predicted molar refractivity (Wildman–Crippen MR) is 59.6 cm³/mol. The fourth-order valence-corrected chi connectivity index (χ4v) is 2.37. The second-order valence-corrected chi connectivity index (χ2v) is 4.16. The molecule has 88 valence electrons. The van der Waals surface area contributed by atoms with Crippen LogP contribution < -0.4 is 10.1 Å². The van der Waals surface area contributed by atoms with Gasteiger partial charge < -0.3 is 15.2 Å². The number of rotatable bonds is 2. The lowest BCUT2D eigenvalue weighted by Crippen LogP contribution is -2.09. The molecule has 1 saturated heterocycles. The third kappa shape index (κ3) is 1.73. The Balaban J connectivity index is 2.50. The van der Waals surface area contributed by atoms with E-state index in [1.54, 1.807) is 0 Å². The van der Waals surface area contributed by atoms with Crippen LogP contribution in [0.15, 0.2) is 6.07 Å². The van der Waals surface area contributed by atoms with Gasteiger partial charge in [0, 0.05) is 18.0 Å². The van der Waals surface area contributed by atoms with Crippen molar-refractivity contribution in [3.05, 3.63) is 23.0 Å². The van der Waals surface area contributed by atoms with E-state index in [-0.39, 0.29) is 17.4 Å². The quantitative estimate of drug-likeness (QED) is 0.808. The second-order valence-electron chi connectivity index (χ2n) is 4.16. The molecular formula is C12H16FNO2. The third-order valence-corrected chi connectivity index (χ3v) is 3.13.